The van der Waals surface area contributed by atoms with Gasteiger partial charge in [0.05, 0.1) is 11.4 Å². The van der Waals surface area contributed by atoms with Crippen LogP contribution in [0.15, 0.2) is 24.3 Å². The molecule has 2 aromatic rings. The van der Waals surface area contributed by atoms with E-state index in [4.69, 9.17) is 0 Å². The van der Waals surface area contributed by atoms with E-state index in [2.05, 4.69) is 15.6 Å². The molecule has 0 unspecified atom stereocenters. The first-order valence-electron chi connectivity index (χ1n) is 9.07. The van der Waals surface area contributed by atoms with Crippen LogP contribution in [0.25, 0.3) is 5.69 Å². The first-order valence-corrected chi connectivity index (χ1v) is 9.07. The van der Waals surface area contributed by atoms with Crippen molar-refractivity contribution in [1.82, 2.24) is 25.2 Å². The highest BCUT2D eigenvalue weighted by Gasteiger charge is 2.38. The highest BCUT2D eigenvalue weighted by atomic mass is 16.2. The highest BCUT2D eigenvalue weighted by molar-refractivity contribution is 5.93. The number of amides is 1. The van der Waals surface area contributed by atoms with Crippen LogP contribution < -0.4 is 5.32 Å². The molecule has 0 saturated carbocycles. The van der Waals surface area contributed by atoms with Crippen molar-refractivity contribution < 1.29 is 4.79 Å². The quantitative estimate of drug-likeness (QED) is 0.910. The van der Waals surface area contributed by atoms with Crippen molar-refractivity contribution in [3.63, 3.8) is 0 Å². The van der Waals surface area contributed by atoms with Gasteiger partial charge in [0.25, 0.3) is 5.91 Å². The summed E-state index contributed by atoms with van der Waals surface area (Å²) < 4.78 is 1.76. The number of rotatable bonds is 2. The normalized spacial score (nSPS) is 19.5. The number of carbonyl (C=O) groups is 1. The average molecular weight is 339 g/mol. The van der Waals surface area contributed by atoms with Crippen molar-refractivity contribution in [2.24, 2.45) is 5.41 Å². The number of aryl methyl sites for hydroxylation is 1. The first-order chi connectivity index (χ1) is 12.1. The van der Waals surface area contributed by atoms with Gasteiger partial charge in [0.15, 0.2) is 5.69 Å². The number of nitrogens with zero attached hydrogens (tertiary/aromatic N) is 4. The van der Waals surface area contributed by atoms with Crippen molar-refractivity contribution in [1.29, 1.82) is 0 Å². The van der Waals surface area contributed by atoms with E-state index < -0.39 is 0 Å². The maximum Gasteiger partial charge on any atom is 0.276 e. The fourth-order valence-electron chi connectivity index (χ4n) is 4.09. The number of aromatic nitrogens is 3. The van der Waals surface area contributed by atoms with Gasteiger partial charge in [-0.25, -0.2) is 4.68 Å². The van der Waals surface area contributed by atoms with Gasteiger partial charge >= 0.3 is 0 Å². The average Bonchev–Trinajstić information content (AvgIpc) is 3.22. The Morgan fingerprint density at radius 1 is 1.20 bits per heavy atom. The number of hydrogen-bond donors (Lipinski definition) is 1. The lowest BCUT2D eigenvalue weighted by atomic mass is 9.78. The lowest BCUT2D eigenvalue weighted by Gasteiger charge is -2.38. The summed E-state index contributed by atoms with van der Waals surface area (Å²) in [4.78, 5) is 14.9. The summed E-state index contributed by atoms with van der Waals surface area (Å²) >= 11 is 0. The molecule has 3 heterocycles. The Morgan fingerprint density at radius 2 is 2.00 bits per heavy atom. The Bertz CT molecular complexity index is 781. The Morgan fingerprint density at radius 3 is 2.68 bits per heavy atom. The monoisotopic (exact) mass is 339 g/mol. The second kappa shape index (κ2) is 6.26. The predicted octanol–water partition coefficient (Wildman–Crippen LogP) is 2.10. The van der Waals surface area contributed by atoms with E-state index in [0.29, 0.717) is 11.1 Å². The van der Waals surface area contributed by atoms with Crippen molar-refractivity contribution in [2.75, 3.05) is 26.2 Å². The Kier molecular flexibility index (Phi) is 4.07. The van der Waals surface area contributed by atoms with Crippen molar-refractivity contribution >= 4 is 5.91 Å². The number of hydrogen-bond acceptors (Lipinski definition) is 4. The minimum Gasteiger partial charge on any atom is -0.337 e. The molecule has 6 heteroatoms. The highest BCUT2D eigenvalue weighted by Crippen LogP contribution is 2.37. The third-order valence-electron chi connectivity index (χ3n) is 5.79. The third-order valence-corrected chi connectivity index (χ3v) is 5.79. The van der Waals surface area contributed by atoms with Gasteiger partial charge in [0, 0.05) is 19.6 Å². The molecule has 25 heavy (non-hydrogen) atoms. The summed E-state index contributed by atoms with van der Waals surface area (Å²) in [5, 5.41) is 11.9. The maximum atomic E-state index is 12.9. The van der Waals surface area contributed by atoms with Gasteiger partial charge < -0.3 is 10.2 Å². The van der Waals surface area contributed by atoms with Crippen LogP contribution in [0, 0.1) is 19.3 Å². The van der Waals surface area contributed by atoms with E-state index in [1.807, 2.05) is 43.0 Å². The third kappa shape index (κ3) is 2.95. The minimum atomic E-state index is 0.0113. The molecule has 0 aliphatic carbocycles. The molecular weight excluding hydrogens is 314 g/mol. The van der Waals surface area contributed by atoms with Crippen LogP contribution in [0.5, 0.6) is 0 Å². The van der Waals surface area contributed by atoms with Gasteiger partial charge in [-0.05, 0) is 62.8 Å². The first kappa shape index (κ1) is 16.3. The molecule has 2 fully saturated rings. The standard InChI is InChI=1S/C19H25N5O/c1-14-4-3-5-16(12-14)24-15(2)17(21-22-24)18(25)23-10-7-19(8-11-23)6-9-20-13-19/h3-5,12,20H,6-11,13H2,1-2H3. The fourth-order valence-corrected chi connectivity index (χ4v) is 4.09. The fraction of sp³-hybridized carbons (Fsp3) is 0.526. The van der Waals surface area contributed by atoms with Crippen molar-refractivity contribution in [3.05, 3.63) is 41.2 Å². The molecule has 1 aromatic heterocycles. The SMILES string of the molecule is Cc1cccc(-n2nnc(C(=O)N3CCC4(CCNC4)CC3)c2C)c1. The summed E-state index contributed by atoms with van der Waals surface area (Å²) in [7, 11) is 0. The van der Waals surface area contributed by atoms with E-state index in [1.165, 1.54) is 6.42 Å². The van der Waals surface area contributed by atoms with Crippen LogP contribution in [0.1, 0.15) is 41.0 Å². The minimum absolute atomic E-state index is 0.0113. The molecule has 1 spiro atoms. The molecule has 2 aliphatic heterocycles. The zero-order valence-electron chi connectivity index (χ0n) is 15.0. The summed E-state index contributed by atoms with van der Waals surface area (Å²) in [5.41, 5.74) is 3.79. The van der Waals surface area contributed by atoms with Crippen molar-refractivity contribution in [3.8, 4) is 5.69 Å². The summed E-state index contributed by atoms with van der Waals surface area (Å²) in [5.74, 6) is 0.0113. The zero-order chi connectivity index (χ0) is 17.4. The molecule has 1 aromatic carbocycles. The van der Waals surface area contributed by atoms with Crippen LogP contribution in [-0.4, -0.2) is 52.0 Å². The number of nitrogens with one attached hydrogen (secondary N) is 1. The molecule has 2 aliphatic rings. The van der Waals surface area contributed by atoms with Gasteiger partial charge in [-0.1, -0.05) is 17.3 Å². The maximum absolute atomic E-state index is 12.9. The summed E-state index contributed by atoms with van der Waals surface area (Å²) in [6.07, 6.45) is 3.39. The van der Waals surface area contributed by atoms with Gasteiger partial charge in [0.2, 0.25) is 0 Å². The lowest BCUT2D eigenvalue weighted by molar-refractivity contribution is 0.0601. The van der Waals surface area contributed by atoms with E-state index in [9.17, 15) is 4.79 Å². The molecular formula is C19H25N5O. The van der Waals surface area contributed by atoms with Crippen LogP contribution >= 0.6 is 0 Å². The number of carbonyl (C=O) groups excluding carboxylic acids is 1. The second-order valence-corrected chi connectivity index (χ2v) is 7.49. The largest absolute Gasteiger partial charge is 0.337 e. The summed E-state index contributed by atoms with van der Waals surface area (Å²) in [6, 6.07) is 8.07. The van der Waals surface area contributed by atoms with Crippen LogP contribution in [-0.2, 0) is 0 Å². The van der Waals surface area contributed by atoms with E-state index >= 15 is 0 Å². The van der Waals surface area contributed by atoms with Crippen molar-refractivity contribution in [2.45, 2.75) is 33.1 Å². The molecule has 132 valence electrons. The molecule has 6 nitrogen and oxygen atoms in total. The molecule has 0 bridgehead atoms. The smallest absolute Gasteiger partial charge is 0.276 e. The Hall–Kier alpha value is -2.21. The predicted molar refractivity (Wildman–Crippen MR) is 95.9 cm³/mol. The number of benzene rings is 1. The summed E-state index contributed by atoms with van der Waals surface area (Å²) in [6.45, 7) is 7.80. The topological polar surface area (TPSA) is 63.1 Å². The van der Waals surface area contributed by atoms with E-state index in [1.54, 1.807) is 4.68 Å². The molecule has 1 amide bonds. The van der Waals surface area contributed by atoms with Gasteiger partial charge in [-0.3, -0.25) is 4.79 Å². The van der Waals surface area contributed by atoms with Crippen LogP contribution in [0.2, 0.25) is 0 Å². The van der Waals surface area contributed by atoms with Crippen LogP contribution in [0.3, 0.4) is 0 Å². The molecule has 4 rings (SSSR count). The number of piperidine rings is 1. The van der Waals surface area contributed by atoms with Gasteiger partial charge in [-0.2, -0.15) is 0 Å². The van der Waals surface area contributed by atoms with E-state index in [-0.39, 0.29) is 5.91 Å². The van der Waals surface area contributed by atoms with Gasteiger partial charge in [0.1, 0.15) is 0 Å². The Labute approximate surface area is 148 Å². The van der Waals surface area contributed by atoms with E-state index in [0.717, 1.165) is 56.0 Å². The number of likely N-dealkylation sites (tertiary alicyclic amines) is 1. The molecule has 0 radical (unpaired) electrons. The van der Waals surface area contributed by atoms with Crippen LogP contribution in [0.4, 0.5) is 0 Å². The second-order valence-electron chi connectivity index (χ2n) is 7.49. The molecule has 0 atom stereocenters. The lowest BCUT2D eigenvalue weighted by Crippen LogP contribution is -2.44. The molecule has 2 saturated heterocycles. The molecule has 1 N–H and O–H groups in total. The Balaban J connectivity index is 1.52. The zero-order valence-corrected chi connectivity index (χ0v) is 15.0. The van der Waals surface area contributed by atoms with Gasteiger partial charge in [-0.15, -0.1) is 5.10 Å².